The lowest BCUT2D eigenvalue weighted by molar-refractivity contribution is -0.140. The van der Waals surface area contributed by atoms with Crippen molar-refractivity contribution in [3.05, 3.63) is 101 Å². The summed E-state index contributed by atoms with van der Waals surface area (Å²) in [6.07, 6.45) is 2.18. The first kappa shape index (κ1) is 30.9. The van der Waals surface area contributed by atoms with Crippen LogP contribution in [0.4, 0.5) is 5.69 Å². The van der Waals surface area contributed by atoms with Crippen LogP contribution in [0.1, 0.15) is 49.9 Å². The van der Waals surface area contributed by atoms with Crippen molar-refractivity contribution in [2.24, 2.45) is 0 Å². The first-order valence-corrected chi connectivity index (χ1v) is 15.4. The Morgan fingerprint density at radius 2 is 1.48 bits per heavy atom. The molecule has 0 heterocycles. The molecule has 0 aromatic heterocycles. The summed E-state index contributed by atoms with van der Waals surface area (Å²) in [5, 5.41) is 3.04. The molecule has 3 aromatic carbocycles. The molecule has 1 N–H and O–H groups in total. The molecule has 1 atom stereocenters. The second-order valence-corrected chi connectivity index (χ2v) is 13.1. The topological polar surface area (TPSA) is 86.8 Å². The van der Waals surface area contributed by atoms with Gasteiger partial charge in [-0.2, -0.15) is 0 Å². The van der Waals surface area contributed by atoms with Gasteiger partial charge < -0.3 is 10.2 Å². The molecular weight excluding hydrogens is 522 g/mol. The highest BCUT2D eigenvalue weighted by molar-refractivity contribution is 7.92. The SMILES string of the molecule is CCc1ccc(N(CC(=O)N(Cc2ccccc2C)[C@H](Cc2ccccc2)C(=O)NC(C)(C)C)S(C)(=O)=O)cc1. The lowest BCUT2D eigenvalue weighted by Gasteiger charge is -2.35. The fourth-order valence-electron chi connectivity index (χ4n) is 4.49. The smallest absolute Gasteiger partial charge is 0.244 e. The zero-order valence-electron chi connectivity index (χ0n) is 24.3. The first-order chi connectivity index (χ1) is 18.8. The van der Waals surface area contributed by atoms with E-state index in [-0.39, 0.29) is 18.9 Å². The van der Waals surface area contributed by atoms with Crippen molar-refractivity contribution in [1.82, 2.24) is 10.2 Å². The Morgan fingerprint density at radius 3 is 2.02 bits per heavy atom. The van der Waals surface area contributed by atoms with Crippen LogP contribution in [0.2, 0.25) is 0 Å². The fraction of sp³-hybridized carbons (Fsp3) is 0.375. The Kier molecular flexibility index (Phi) is 10.1. The monoisotopic (exact) mass is 563 g/mol. The zero-order valence-corrected chi connectivity index (χ0v) is 25.2. The summed E-state index contributed by atoms with van der Waals surface area (Å²) in [5.41, 5.74) is 3.70. The Morgan fingerprint density at radius 1 is 0.875 bits per heavy atom. The van der Waals surface area contributed by atoms with Crippen molar-refractivity contribution in [2.75, 3.05) is 17.1 Å². The van der Waals surface area contributed by atoms with Crippen molar-refractivity contribution < 1.29 is 18.0 Å². The minimum absolute atomic E-state index is 0.160. The summed E-state index contributed by atoms with van der Waals surface area (Å²) in [5.74, 6) is -0.755. The number of nitrogens with one attached hydrogen (secondary N) is 1. The van der Waals surface area contributed by atoms with Crippen LogP contribution in [0.3, 0.4) is 0 Å². The Hall–Kier alpha value is -3.65. The van der Waals surface area contributed by atoms with E-state index in [4.69, 9.17) is 0 Å². The van der Waals surface area contributed by atoms with Gasteiger partial charge in [-0.05, 0) is 68.5 Å². The molecule has 0 aliphatic heterocycles. The van der Waals surface area contributed by atoms with Crippen LogP contribution < -0.4 is 9.62 Å². The molecule has 7 nitrogen and oxygen atoms in total. The van der Waals surface area contributed by atoms with Crippen LogP contribution in [0.25, 0.3) is 0 Å². The molecule has 3 rings (SSSR count). The zero-order chi connectivity index (χ0) is 29.5. The molecule has 0 aliphatic carbocycles. The van der Waals surface area contributed by atoms with Crippen LogP contribution in [-0.2, 0) is 39.0 Å². The number of carbonyl (C=O) groups is 2. The van der Waals surface area contributed by atoms with Crippen LogP contribution in [0, 0.1) is 6.92 Å². The number of rotatable bonds is 11. The summed E-state index contributed by atoms with van der Waals surface area (Å²) in [7, 11) is -3.80. The summed E-state index contributed by atoms with van der Waals surface area (Å²) in [4.78, 5) is 29.4. The first-order valence-electron chi connectivity index (χ1n) is 13.5. The van der Waals surface area contributed by atoms with Gasteiger partial charge >= 0.3 is 0 Å². The predicted molar refractivity (Wildman–Crippen MR) is 162 cm³/mol. The van der Waals surface area contributed by atoms with E-state index in [1.165, 1.54) is 4.90 Å². The van der Waals surface area contributed by atoms with Crippen LogP contribution in [-0.4, -0.2) is 49.5 Å². The molecular formula is C32H41N3O4S. The average molecular weight is 564 g/mol. The fourth-order valence-corrected chi connectivity index (χ4v) is 5.34. The van der Waals surface area contributed by atoms with E-state index in [0.717, 1.165) is 39.2 Å². The molecule has 2 amide bonds. The normalized spacial score (nSPS) is 12.4. The van der Waals surface area contributed by atoms with E-state index in [9.17, 15) is 18.0 Å². The predicted octanol–water partition coefficient (Wildman–Crippen LogP) is 4.88. The summed E-state index contributed by atoms with van der Waals surface area (Å²) >= 11 is 0. The standard InChI is InChI=1S/C32H41N3O4S/c1-7-25-17-19-28(20-18-25)35(40(6,38)39)23-30(36)34(22-27-16-12-11-13-24(27)2)29(31(37)33-32(3,4)5)21-26-14-9-8-10-15-26/h8-20,29H,7,21-23H2,1-6H3,(H,33,37)/t29-/m1/s1. The van der Waals surface area contributed by atoms with Gasteiger partial charge in [-0.15, -0.1) is 0 Å². The number of aryl methyl sites for hydroxylation is 2. The number of sulfonamides is 1. The molecule has 3 aromatic rings. The highest BCUT2D eigenvalue weighted by Crippen LogP contribution is 2.22. The van der Waals surface area contributed by atoms with Gasteiger partial charge in [-0.1, -0.05) is 73.7 Å². The van der Waals surface area contributed by atoms with Gasteiger partial charge in [0.15, 0.2) is 0 Å². The van der Waals surface area contributed by atoms with Crippen LogP contribution in [0.5, 0.6) is 0 Å². The highest BCUT2D eigenvalue weighted by Gasteiger charge is 2.34. The minimum atomic E-state index is -3.80. The molecule has 0 radical (unpaired) electrons. The molecule has 40 heavy (non-hydrogen) atoms. The minimum Gasteiger partial charge on any atom is -0.350 e. The third-order valence-electron chi connectivity index (χ3n) is 6.68. The van der Waals surface area contributed by atoms with Crippen molar-refractivity contribution in [3.8, 4) is 0 Å². The van der Waals surface area contributed by atoms with E-state index in [0.29, 0.717) is 5.69 Å². The number of benzene rings is 3. The molecule has 214 valence electrons. The Bertz CT molecular complexity index is 1400. The van der Waals surface area contributed by atoms with E-state index in [2.05, 4.69) is 5.32 Å². The summed E-state index contributed by atoms with van der Waals surface area (Å²) in [6.45, 7) is 9.39. The van der Waals surface area contributed by atoms with Gasteiger partial charge in [0.05, 0.1) is 11.9 Å². The molecule has 0 unspecified atom stereocenters. The number of amides is 2. The molecule has 0 bridgehead atoms. The number of anilines is 1. The van der Waals surface area contributed by atoms with Gasteiger partial charge in [0.25, 0.3) is 0 Å². The third kappa shape index (κ3) is 8.68. The molecule has 0 saturated heterocycles. The van der Waals surface area contributed by atoms with Gasteiger partial charge in [-0.25, -0.2) is 8.42 Å². The molecule has 0 saturated carbocycles. The summed E-state index contributed by atoms with van der Waals surface area (Å²) < 4.78 is 26.9. The molecule has 0 fully saturated rings. The lowest BCUT2D eigenvalue weighted by atomic mass is 10.00. The largest absolute Gasteiger partial charge is 0.350 e. The van der Waals surface area contributed by atoms with Crippen molar-refractivity contribution in [2.45, 2.75) is 65.6 Å². The quantitative estimate of drug-likeness (QED) is 0.360. The van der Waals surface area contributed by atoms with Crippen LogP contribution >= 0.6 is 0 Å². The van der Waals surface area contributed by atoms with E-state index in [1.54, 1.807) is 12.1 Å². The molecule has 0 aliphatic rings. The molecule has 0 spiro atoms. The summed E-state index contributed by atoms with van der Waals surface area (Å²) in [6, 6.07) is 23.5. The lowest BCUT2D eigenvalue weighted by Crippen LogP contribution is -2.56. The van der Waals surface area contributed by atoms with E-state index < -0.39 is 34.1 Å². The third-order valence-corrected chi connectivity index (χ3v) is 7.82. The second kappa shape index (κ2) is 13.1. The van der Waals surface area contributed by atoms with Crippen LogP contribution in [0.15, 0.2) is 78.9 Å². The van der Waals surface area contributed by atoms with Crippen molar-refractivity contribution >= 4 is 27.5 Å². The van der Waals surface area contributed by atoms with Gasteiger partial charge in [0.1, 0.15) is 12.6 Å². The van der Waals surface area contributed by atoms with E-state index >= 15 is 0 Å². The van der Waals surface area contributed by atoms with Crippen molar-refractivity contribution in [1.29, 1.82) is 0 Å². The maximum Gasteiger partial charge on any atom is 0.244 e. The Balaban J connectivity index is 2.07. The average Bonchev–Trinajstić information content (AvgIpc) is 2.89. The number of nitrogens with zero attached hydrogens (tertiary/aromatic N) is 2. The van der Waals surface area contributed by atoms with E-state index in [1.807, 2.05) is 101 Å². The highest BCUT2D eigenvalue weighted by atomic mass is 32.2. The van der Waals surface area contributed by atoms with Gasteiger partial charge in [0, 0.05) is 18.5 Å². The number of hydrogen-bond donors (Lipinski definition) is 1. The van der Waals surface area contributed by atoms with Gasteiger partial charge in [0.2, 0.25) is 21.8 Å². The maximum atomic E-state index is 14.2. The van der Waals surface area contributed by atoms with Gasteiger partial charge in [-0.3, -0.25) is 13.9 Å². The number of hydrogen-bond acceptors (Lipinski definition) is 4. The maximum absolute atomic E-state index is 14.2. The number of carbonyl (C=O) groups excluding carboxylic acids is 2. The van der Waals surface area contributed by atoms with Crippen molar-refractivity contribution in [3.63, 3.8) is 0 Å². The molecule has 8 heteroatoms. The second-order valence-electron chi connectivity index (χ2n) is 11.2. The Labute approximate surface area is 239 Å².